The first-order chi connectivity index (χ1) is 17.1. The predicted octanol–water partition coefficient (Wildman–Crippen LogP) is 4.42. The highest BCUT2D eigenvalue weighted by Gasteiger charge is 2.31. The topological polar surface area (TPSA) is 93.3 Å². The second kappa shape index (κ2) is 10.2. The van der Waals surface area contributed by atoms with E-state index in [9.17, 15) is 9.59 Å². The Balaban J connectivity index is 1.29. The van der Waals surface area contributed by atoms with Crippen molar-refractivity contribution in [1.82, 2.24) is 20.1 Å². The molecule has 9 heteroatoms. The van der Waals surface area contributed by atoms with Gasteiger partial charge in [-0.25, -0.2) is 0 Å². The zero-order valence-electron chi connectivity index (χ0n) is 19.3. The fraction of sp³-hybridized carbons (Fsp3) is 0.231. The molecule has 1 saturated carbocycles. The second-order valence-corrected chi connectivity index (χ2v) is 9.25. The minimum atomic E-state index is -0.276. The van der Waals surface area contributed by atoms with Crippen LogP contribution in [-0.4, -0.2) is 39.4 Å². The van der Waals surface area contributed by atoms with Crippen molar-refractivity contribution < 1.29 is 14.0 Å². The zero-order valence-corrected chi connectivity index (χ0v) is 20.1. The molecule has 2 aromatic carbocycles. The summed E-state index contributed by atoms with van der Waals surface area (Å²) in [7, 11) is 1.68. The third-order valence-electron chi connectivity index (χ3n) is 5.83. The standard InChI is InChI=1S/C26H25N5O3S/c1-30(22-12-6-5-11-21(22)25(33)27-16-20-10-7-15-34-20)23(32)17-35-26-29-28-24(18-13-14-18)31(26)19-8-3-2-4-9-19/h2-12,15,18H,13-14,16-17H2,1H3,(H,27,33). The summed E-state index contributed by atoms with van der Waals surface area (Å²) in [5.74, 6) is 1.76. The Bertz CT molecular complexity index is 1320. The molecule has 0 saturated heterocycles. The van der Waals surface area contributed by atoms with E-state index >= 15 is 0 Å². The van der Waals surface area contributed by atoms with E-state index in [1.165, 1.54) is 16.7 Å². The van der Waals surface area contributed by atoms with Gasteiger partial charge >= 0.3 is 0 Å². The van der Waals surface area contributed by atoms with Gasteiger partial charge in [0.05, 0.1) is 29.8 Å². The average Bonchev–Trinajstić information content (AvgIpc) is 3.44. The molecule has 1 fully saturated rings. The molecule has 0 bridgehead atoms. The van der Waals surface area contributed by atoms with Crippen LogP contribution in [0, 0.1) is 0 Å². The molecule has 2 heterocycles. The molecule has 8 nitrogen and oxygen atoms in total. The van der Waals surface area contributed by atoms with Crippen LogP contribution < -0.4 is 10.2 Å². The van der Waals surface area contributed by atoms with Gasteiger partial charge in [0.1, 0.15) is 11.6 Å². The van der Waals surface area contributed by atoms with Crippen LogP contribution >= 0.6 is 11.8 Å². The molecule has 1 aliphatic rings. The third-order valence-corrected chi connectivity index (χ3v) is 6.74. The molecule has 2 amide bonds. The van der Waals surface area contributed by atoms with Crippen molar-refractivity contribution in [2.45, 2.75) is 30.5 Å². The number of anilines is 1. The van der Waals surface area contributed by atoms with Crippen molar-refractivity contribution in [2.75, 3.05) is 17.7 Å². The van der Waals surface area contributed by atoms with Crippen LogP contribution in [0.2, 0.25) is 0 Å². The quantitative estimate of drug-likeness (QED) is 0.351. The van der Waals surface area contributed by atoms with E-state index in [-0.39, 0.29) is 24.1 Å². The van der Waals surface area contributed by atoms with Crippen LogP contribution in [0.4, 0.5) is 5.69 Å². The van der Waals surface area contributed by atoms with Gasteiger partial charge in [0.2, 0.25) is 5.91 Å². The van der Waals surface area contributed by atoms with Crippen LogP contribution in [0.25, 0.3) is 5.69 Å². The maximum absolute atomic E-state index is 13.1. The Morgan fingerprint density at radius 2 is 1.83 bits per heavy atom. The number of hydrogen-bond donors (Lipinski definition) is 1. The van der Waals surface area contributed by atoms with E-state index < -0.39 is 0 Å². The fourth-order valence-corrected chi connectivity index (χ4v) is 4.66. The van der Waals surface area contributed by atoms with Gasteiger partial charge in [-0.3, -0.25) is 14.2 Å². The molecule has 0 aliphatic heterocycles. The van der Waals surface area contributed by atoms with Crippen molar-refractivity contribution in [3.63, 3.8) is 0 Å². The number of carbonyl (C=O) groups is 2. The molecule has 0 spiro atoms. The Labute approximate surface area is 207 Å². The van der Waals surface area contributed by atoms with Crippen LogP contribution in [0.15, 0.2) is 82.6 Å². The predicted molar refractivity (Wildman–Crippen MR) is 134 cm³/mol. The monoisotopic (exact) mass is 487 g/mol. The number of nitrogens with zero attached hydrogens (tertiary/aromatic N) is 4. The van der Waals surface area contributed by atoms with Gasteiger partial charge in [0, 0.05) is 18.7 Å². The largest absolute Gasteiger partial charge is 0.467 e. The fourth-order valence-electron chi connectivity index (χ4n) is 3.79. The molecular formula is C26H25N5O3S. The summed E-state index contributed by atoms with van der Waals surface area (Å²) in [4.78, 5) is 27.5. The van der Waals surface area contributed by atoms with Gasteiger partial charge in [0.25, 0.3) is 5.91 Å². The van der Waals surface area contributed by atoms with Gasteiger partial charge in [-0.1, -0.05) is 42.1 Å². The van der Waals surface area contributed by atoms with Gasteiger partial charge < -0.3 is 14.6 Å². The zero-order chi connectivity index (χ0) is 24.2. The van der Waals surface area contributed by atoms with Crippen LogP contribution in [0.1, 0.15) is 40.7 Å². The van der Waals surface area contributed by atoms with E-state index in [2.05, 4.69) is 15.5 Å². The minimum absolute atomic E-state index is 0.142. The second-order valence-electron chi connectivity index (χ2n) is 8.31. The molecule has 1 N–H and O–H groups in total. The van der Waals surface area contributed by atoms with Crippen LogP contribution in [0.5, 0.6) is 0 Å². The van der Waals surface area contributed by atoms with Crippen molar-refractivity contribution in [2.24, 2.45) is 0 Å². The number of furan rings is 1. The number of benzene rings is 2. The molecule has 5 rings (SSSR count). The lowest BCUT2D eigenvalue weighted by Gasteiger charge is -2.20. The molecule has 178 valence electrons. The molecule has 1 aliphatic carbocycles. The summed E-state index contributed by atoms with van der Waals surface area (Å²) >= 11 is 1.35. The molecule has 2 aromatic heterocycles. The minimum Gasteiger partial charge on any atom is -0.467 e. The Kier molecular flexibility index (Phi) is 6.67. The number of nitrogens with one attached hydrogen (secondary N) is 1. The summed E-state index contributed by atoms with van der Waals surface area (Å²) in [6.45, 7) is 0.270. The van der Waals surface area contributed by atoms with Crippen LogP contribution in [-0.2, 0) is 11.3 Å². The number of rotatable bonds is 9. The molecule has 0 atom stereocenters. The molecule has 4 aromatic rings. The maximum atomic E-state index is 13.1. The van der Waals surface area contributed by atoms with Crippen LogP contribution in [0.3, 0.4) is 0 Å². The van der Waals surface area contributed by atoms with E-state index in [1.54, 1.807) is 43.6 Å². The number of hydrogen-bond acceptors (Lipinski definition) is 6. The summed E-state index contributed by atoms with van der Waals surface area (Å²) in [5.41, 5.74) is 1.95. The molecule has 35 heavy (non-hydrogen) atoms. The van der Waals surface area contributed by atoms with Crippen molar-refractivity contribution in [1.29, 1.82) is 0 Å². The van der Waals surface area contributed by atoms with E-state index in [1.807, 2.05) is 41.0 Å². The summed E-state index contributed by atoms with van der Waals surface area (Å²) in [6, 6.07) is 20.6. The van der Waals surface area contributed by atoms with Gasteiger partial charge in [-0.05, 0) is 49.2 Å². The van der Waals surface area contributed by atoms with Crippen molar-refractivity contribution in [3.05, 3.63) is 90.1 Å². The average molecular weight is 488 g/mol. The van der Waals surface area contributed by atoms with Gasteiger partial charge in [0.15, 0.2) is 5.16 Å². The highest BCUT2D eigenvalue weighted by atomic mass is 32.2. The number of carbonyl (C=O) groups excluding carboxylic acids is 2. The first-order valence-corrected chi connectivity index (χ1v) is 12.4. The van der Waals surface area contributed by atoms with E-state index in [0.29, 0.717) is 28.1 Å². The SMILES string of the molecule is CN(C(=O)CSc1nnc(C2CC2)n1-c1ccccc1)c1ccccc1C(=O)NCc1ccco1. The molecule has 0 radical (unpaired) electrons. The number of thioether (sulfide) groups is 1. The smallest absolute Gasteiger partial charge is 0.253 e. The van der Waals surface area contributed by atoms with Gasteiger partial charge in [-0.15, -0.1) is 10.2 Å². The first kappa shape index (κ1) is 22.9. The number of para-hydroxylation sites is 2. The third kappa shape index (κ3) is 5.14. The highest BCUT2D eigenvalue weighted by Crippen LogP contribution is 2.41. The Hall–Kier alpha value is -3.85. The molecule has 0 unspecified atom stereocenters. The Morgan fingerprint density at radius 3 is 2.57 bits per heavy atom. The van der Waals surface area contributed by atoms with E-state index in [0.717, 1.165) is 24.4 Å². The first-order valence-electron chi connectivity index (χ1n) is 11.4. The summed E-state index contributed by atoms with van der Waals surface area (Å²) < 4.78 is 7.32. The normalized spacial score (nSPS) is 12.9. The van der Waals surface area contributed by atoms with Gasteiger partial charge in [-0.2, -0.15) is 0 Å². The summed E-state index contributed by atoms with van der Waals surface area (Å²) in [6.07, 6.45) is 3.78. The lowest BCUT2D eigenvalue weighted by Crippen LogP contribution is -2.31. The molecular weight excluding hydrogens is 462 g/mol. The highest BCUT2D eigenvalue weighted by molar-refractivity contribution is 7.99. The lowest BCUT2D eigenvalue weighted by atomic mass is 10.1. The van der Waals surface area contributed by atoms with E-state index in [4.69, 9.17) is 4.42 Å². The number of amides is 2. The number of aromatic nitrogens is 3. The summed E-state index contributed by atoms with van der Waals surface area (Å²) in [5, 5.41) is 12.3. The lowest BCUT2D eigenvalue weighted by molar-refractivity contribution is -0.115. The van der Waals surface area contributed by atoms with Crippen molar-refractivity contribution >= 4 is 29.3 Å². The van der Waals surface area contributed by atoms with Crippen molar-refractivity contribution in [3.8, 4) is 5.69 Å². The Morgan fingerprint density at radius 1 is 1.06 bits per heavy atom. The maximum Gasteiger partial charge on any atom is 0.253 e.